The molecule has 88 valence electrons. The van der Waals surface area contributed by atoms with E-state index in [-0.39, 0.29) is 5.60 Å². The lowest BCUT2D eigenvalue weighted by molar-refractivity contribution is 0.0265. The molecule has 0 saturated heterocycles. The van der Waals surface area contributed by atoms with E-state index in [0.29, 0.717) is 0 Å². The molecule has 0 aliphatic heterocycles. The quantitative estimate of drug-likeness (QED) is 0.785. The molecule has 1 saturated carbocycles. The second-order valence-corrected chi connectivity index (χ2v) is 4.77. The van der Waals surface area contributed by atoms with Gasteiger partial charge < -0.3 is 10.5 Å². The van der Waals surface area contributed by atoms with E-state index < -0.39 is 0 Å². The average molecular weight is 219 g/mol. The molecule has 1 aromatic rings. The van der Waals surface area contributed by atoms with Crippen molar-refractivity contribution in [3.63, 3.8) is 0 Å². The van der Waals surface area contributed by atoms with Crippen LogP contribution in [0.2, 0.25) is 0 Å². The van der Waals surface area contributed by atoms with Gasteiger partial charge in [-0.15, -0.1) is 0 Å². The molecule has 2 rings (SSSR count). The Morgan fingerprint density at radius 3 is 2.31 bits per heavy atom. The molecule has 0 bridgehead atoms. The van der Waals surface area contributed by atoms with Crippen molar-refractivity contribution in [2.75, 3.05) is 5.73 Å². The monoisotopic (exact) mass is 219 g/mol. The summed E-state index contributed by atoms with van der Waals surface area (Å²) < 4.78 is 6.19. The fourth-order valence-corrected chi connectivity index (χ4v) is 2.51. The molecule has 0 amide bonds. The van der Waals surface area contributed by atoms with E-state index in [4.69, 9.17) is 10.5 Å². The Bertz CT molecular complexity index is 325. The Labute approximate surface area is 97.8 Å². The summed E-state index contributed by atoms with van der Waals surface area (Å²) in [7, 11) is 0. The third kappa shape index (κ3) is 2.49. The summed E-state index contributed by atoms with van der Waals surface area (Å²) in [5, 5.41) is 0. The van der Waals surface area contributed by atoms with E-state index in [1.54, 1.807) is 0 Å². The molecule has 0 aromatic heterocycles. The highest BCUT2D eigenvalue weighted by atomic mass is 16.5. The molecule has 0 atom stereocenters. The van der Waals surface area contributed by atoms with Gasteiger partial charge in [0.25, 0.3) is 0 Å². The van der Waals surface area contributed by atoms with Crippen LogP contribution in [0.3, 0.4) is 0 Å². The second-order valence-electron chi connectivity index (χ2n) is 4.77. The first-order valence-electron chi connectivity index (χ1n) is 6.29. The predicted octanol–water partition coefficient (Wildman–Crippen LogP) is 3.76. The number of nitrogen functional groups attached to an aromatic ring is 1. The van der Waals surface area contributed by atoms with Crippen LogP contribution in [0.25, 0.3) is 0 Å². The zero-order valence-corrected chi connectivity index (χ0v) is 10.0. The van der Waals surface area contributed by atoms with Gasteiger partial charge in [-0.3, -0.25) is 0 Å². The molecular formula is C14H21NO. The third-order valence-corrected chi connectivity index (χ3v) is 3.62. The van der Waals surface area contributed by atoms with Crippen LogP contribution in [0.5, 0.6) is 5.75 Å². The van der Waals surface area contributed by atoms with Crippen molar-refractivity contribution in [3.8, 4) is 5.75 Å². The highest BCUT2D eigenvalue weighted by molar-refractivity contribution is 5.41. The summed E-state index contributed by atoms with van der Waals surface area (Å²) in [6, 6.07) is 7.76. The van der Waals surface area contributed by atoms with Crippen molar-refractivity contribution in [3.05, 3.63) is 24.3 Å². The fraction of sp³-hybridized carbons (Fsp3) is 0.571. The van der Waals surface area contributed by atoms with Crippen LogP contribution in [0.4, 0.5) is 5.69 Å². The van der Waals surface area contributed by atoms with Crippen LogP contribution in [-0.2, 0) is 0 Å². The van der Waals surface area contributed by atoms with Crippen LogP contribution in [0.1, 0.15) is 45.4 Å². The van der Waals surface area contributed by atoms with Crippen LogP contribution < -0.4 is 10.5 Å². The van der Waals surface area contributed by atoms with Crippen LogP contribution in [0.15, 0.2) is 24.3 Å². The van der Waals surface area contributed by atoms with Crippen molar-refractivity contribution in [1.29, 1.82) is 0 Å². The van der Waals surface area contributed by atoms with Crippen LogP contribution in [0, 0.1) is 0 Å². The van der Waals surface area contributed by atoms with Gasteiger partial charge in [0.1, 0.15) is 11.4 Å². The van der Waals surface area contributed by atoms with Gasteiger partial charge in [-0.2, -0.15) is 0 Å². The van der Waals surface area contributed by atoms with Crippen LogP contribution >= 0.6 is 0 Å². The lowest BCUT2D eigenvalue weighted by Gasteiger charge is -2.37. The standard InChI is InChI=1S/C14H21NO/c1-2-14(10-4-3-5-11-14)16-13-8-6-12(15)7-9-13/h6-9H,2-5,10-11,15H2,1H3. The Balaban J connectivity index is 2.08. The average Bonchev–Trinajstić information content (AvgIpc) is 2.33. The number of rotatable bonds is 3. The molecular weight excluding hydrogens is 198 g/mol. The summed E-state index contributed by atoms with van der Waals surface area (Å²) >= 11 is 0. The molecule has 1 aliphatic carbocycles. The second kappa shape index (κ2) is 4.77. The Hall–Kier alpha value is -1.18. The van der Waals surface area contributed by atoms with Gasteiger partial charge in [0.2, 0.25) is 0 Å². The predicted molar refractivity (Wildman–Crippen MR) is 67.6 cm³/mol. The molecule has 1 aliphatic rings. The summed E-state index contributed by atoms with van der Waals surface area (Å²) in [5.74, 6) is 0.956. The lowest BCUT2D eigenvalue weighted by atomic mass is 9.82. The molecule has 0 radical (unpaired) electrons. The van der Waals surface area contributed by atoms with E-state index in [0.717, 1.165) is 17.9 Å². The lowest BCUT2D eigenvalue weighted by Crippen LogP contribution is -2.37. The highest BCUT2D eigenvalue weighted by Gasteiger charge is 2.32. The van der Waals surface area contributed by atoms with E-state index >= 15 is 0 Å². The minimum absolute atomic E-state index is 0.0777. The molecule has 16 heavy (non-hydrogen) atoms. The number of hydrogen-bond donors (Lipinski definition) is 1. The van der Waals surface area contributed by atoms with Gasteiger partial charge in [-0.05, 0) is 56.4 Å². The first kappa shape index (κ1) is 11.3. The first-order valence-corrected chi connectivity index (χ1v) is 6.29. The number of ether oxygens (including phenoxy) is 1. The Morgan fingerprint density at radius 1 is 1.12 bits per heavy atom. The summed E-state index contributed by atoms with van der Waals surface area (Å²) in [6.07, 6.45) is 7.41. The number of hydrogen-bond acceptors (Lipinski definition) is 2. The minimum Gasteiger partial charge on any atom is -0.487 e. The van der Waals surface area contributed by atoms with Crippen molar-refractivity contribution in [2.24, 2.45) is 0 Å². The number of anilines is 1. The maximum Gasteiger partial charge on any atom is 0.120 e. The first-order chi connectivity index (χ1) is 7.74. The van der Waals surface area contributed by atoms with E-state index in [1.165, 1.54) is 32.1 Å². The molecule has 2 N–H and O–H groups in total. The topological polar surface area (TPSA) is 35.2 Å². The van der Waals surface area contributed by atoms with Crippen molar-refractivity contribution >= 4 is 5.69 Å². The number of nitrogens with two attached hydrogens (primary N) is 1. The van der Waals surface area contributed by atoms with Gasteiger partial charge in [0, 0.05) is 5.69 Å². The summed E-state index contributed by atoms with van der Waals surface area (Å²) in [4.78, 5) is 0. The number of benzene rings is 1. The summed E-state index contributed by atoms with van der Waals surface area (Å²) in [5.41, 5.74) is 6.54. The van der Waals surface area contributed by atoms with E-state index in [1.807, 2.05) is 24.3 Å². The van der Waals surface area contributed by atoms with Gasteiger partial charge in [-0.25, -0.2) is 0 Å². The summed E-state index contributed by atoms with van der Waals surface area (Å²) in [6.45, 7) is 2.22. The zero-order chi connectivity index (χ0) is 11.4. The highest BCUT2D eigenvalue weighted by Crippen LogP contribution is 2.35. The molecule has 2 nitrogen and oxygen atoms in total. The zero-order valence-electron chi connectivity index (χ0n) is 10.0. The maximum absolute atomic E-state index is 6.19. The normalized spacial score (nSPS) is 19.3. The Kier molecular flexibility index (Phi) is 3.37. The third-order valence-electron chi connectivity index (χ3n) is 3.62. The molecule has 2 heteroatoms. The SMILES string of the molecule is CCC1(Oc2ccc(N)cc2)CCCCC1. The van der Waals surface area contributed by atoms with Crippen LogP contribution in [-0.4, -0.2) is 5.60 Å². The molecule has 1 fully saturated rings. The molecule has 0 unspecified atom stereocenters. The van der Waals surface area contributed by atoms with Gasteiger partial charge in [0.15, 0.2) is 0 Å². The van der Waals surface area contributed by atoms with Crippen molar-refractivity contribution < 1.29 is 4.74 Å². The molecule has 0 heterocycles. The van der Waals surface area contributed by atoms with E-state index in [9.17, 15) is 0 Å². The fourth-order valence-electron chi connectivity index (χ4n) is 2.51. The van der Waals surface area contributed by atoms with E-state index in [2.05, 4.69) is 6.92 Å². The molecule has 1 aromatic carbocycles. The van der Waals surface area contributed by atoms with Gasteiger partial charge in [-0.1, -0.05) is 13.3 Å². The largest absolute Gasteiger partial charge is 0.487 e. The van der Waals surface area contributed by atoms with Crippen molar-refractivity contribution in [2.45, 2.75) is 51.0 Å². The van der Waals surface area contributed by atoms with Gasteiger partial charge >= 0.3 is 0 Å². The minimum atomic E-state index is 0.0777. The smallest absolute Gasteiger partial charge is 0.120 e. The Morgan fingerprint density at radius 2 is 1.75 bits per heavy atom. The van der Waals surface area contributed by atoms with Crippen molar-refractivity contribution in [1.82, 2.24) is 0 Å². The molecule has 0 spiro atoms. The van der Waals surface area contributed by atoms with Gasteiger partial charge in [0.05, 0.1) is 0 Å². The maximum atomic E-state index is 6.19.